The number of carbonyl (C=O) groups is 1. The zero-order valence-corrected chi connectivity index (χ0v) is 20.5. The van der Waals surface area contributed by atoms with E-state index in [0.717, 1.165) is 56.0 Å². The first kappa shape index (κ1) is 25.2. The summed E-state index contributed by atoms with van der Waals surface area (Å²) in [5.74, 6) is -1.68. The van der Waals surface area contributed by atoms with Gasteiger partial charge in [0.25, 0.3) is 0 Å². The Morgan fingerprint density at radius 1 is 1.06 bits per heavy atom. The molecule has 3 aliphatic rings. The van der Waals surface area contributed by atoms with Crippen LogP contribution in [-0.2, 0) is 19.6 Å². The summed E-state index contributed by atoms with van der Waals surface area (Å²) in [6, 6.07) is 2.69. The van der Waals surface area contributed by atoms with Crippen LogP contribution >= 0.6 is 0 Å². The highest BCUT2D eigenvalue weighted by molar-refractivity contribution is 7.89. The van der Waals surface area contributed by atoms with Crippen molar-refractivity contribution in [1.82, 2.24) is 9.73 Å². The molecule has 1 aromatic carbocycles. The van der Waals surface area contributed by atoms with Crippen molar-refractivity contribution in [2.75, 3.05) is 7.11 Å². The van der Waals surface area contributed by atoms with E-state index in [1.54, 1.807) is 19.0 Å². The third-order valence-corrected chi connectivity index (χ3v) is 9.17. The van der Waals surface area contributed by atoms with E-state index in [4.69, 9.17) is 9.84 Å². The molecule has 1 atom stereocenters. The monoisotopic (exact) mass is 497 g/mol. The van der Waals surface area contributed by atoms with Gasteiger partial charge in [0.05, 0.1) is 12.1 Å². The second-order valence-electron chi connectivity index (χ2n) is 9.72. The van der Waals surface area contributed by atoms with Gasteiger partial charge in [-0.3, -0.25) is 4.79 Å². The smallest absolute Gasteiger partial charge is 0.246 e. The Bertz CT molecular complexity index is 1010. The summed E-state index contributed by atoms with van der Waals surface area (Å²) in [6.45, 7) is 1.55. The van der Waals surface area contributed by atoms with Gasteiger partial charge in [0, 0.05) is 32.2 Å². The zero-order valence-electron chi connectivity index (χ0n) is 19.7. The maximum Gasteiger partial charge on any atom is 0.246 e. The molecule has 2 fully saturated rings. The van der Waals surface area contributed by atoms with E-state index in [-0.39, 0.29) is 17.9 Å². The van der Waals surface area contributed by atoms with E-state index in [1.807, 2.05) is 0 Å². The molecule has 2 aliphatic carbocycles. The number of methoxy groups -OCH3 is 1. The van der Waals surface area contributed by atoms with Crippen molar-refractivity contribution in [3.05, 3.63) is 29.8 Å². The van der Waals surface area contributed by atoms with E-state index >= 15 is 0 Å². The Morgan fingerprint density at radius 2 is 1.68 bits per heavy atom. The molecule has 0 aromatic heterocycles. The van der Waals surface area contributed by atoms with Crippen LogP contribution in [0.25, 0.3) is 0 Å². The molecule has 1 amide bonds. The molecule has 1 unspecified atom stereocenters. The van der Waals surface area contributed by atoms with Crippen molar-refractivity contribution in [2.45, 2.75) is 87.8 Å². The van der Waals surface area contributed by atoms with Crippen molar-refractivity contribution < 1.29 is 26.7 Å². The van der Waals surface area contributed by atoms with Gasteiger partial charge < -0.3 is 4.74 Å². The first-order valence-electron chi connectivity index (χ1n) is 12.1. The first-order valence-corrected chi connectivity index (χ1v) is 13.5. The number of rotatable bonds is 6. The number of halogens is 2. The topological polar surface area (TPSA) is 88.1 Å². The van der Waals surface area contributed by atoms with Gasteiger partial charge in [0.2, 0.25) is 15.9 Å². The van der Waals surface area contributed by atoms with Crippen LogP contribution in [0.3, 0.4) is 0 Å². The molecule has 0 saturated heterocycles. The Morgan fingerprint density at radius 3 is 2.24 bits per heavy atom. The largest absolute Gasteiger partial charge is 0.381 e. The number of benzene rings is 1. The molecular weight excluding hydrogens is 464 g/mol. The Kier molecular flexibility index (Phi) is 7.69. The number of nitrogens with one attached hydrogen (secondary N) is 1. The average molecular weight is 498 g/mol. The van der Waals surface area contributed by atoms with Crippen LogP contribution in [0.15, 0.2) is 28.2 Å². The predicted octanol–water partition coefficient (Wildman–Crippen LogP) is 3.98. The number of hydrogen-bond donors (Lipinski definition) is 1. The third kappa shape index (κ3) is 5.33. The van der Waals surface area contributed by atoms with E-state index in [9.17, 15) is 22.0 Å². The Balaban J connectivity index is 1.36. The molecule has 0 spiro atoms. The molecule has 188 valence electrons. The van der Waals surface area contributed by atoms with Crippen molar-refractivity contribution in [1.29, 1.82) is 0 Å². The lowest BCUT2D eigenvalue weighted by Crippen LogP contribution is -2.40. The molecule has 1 aromatic rings. The highest BCUT2D eigenvalue weighted by Gasteiger charge is 2.40. The molecule has 10 heteroatoms. The summed E-state index contributed by atoms with van der Waals surface area (Å²) in [4.78, 5) is 11.4. The van der Waals surface area contributed by atoms with Crippen molar-refractivity contribution in [3.63, 3.8) is 0 Å². The van der Waals surface area contributed by atoms with Gasteiger partial charge in [0.1, 0.15) is 11.6 Å². The van der Waals surface area contributed by atoms with Crippen LogP contribution in [-0.4, -0.2) is 50.3 Å². The molecule has 1 N–H and O–H groups in total. The standard InChI is InChI=1S/C24H33F2N3O4S/c1-15(30)29-23(17-8-12-19(33-2)13-9-17)14-22(27-29)16-6-10-18(11-7-16)28-34(31,32)24-20(25)4-3-5-21(24)26/h3-5,16-19,23,28H,6-14H2,1-2H3. The van der Waals surface area contributed by atoms with Gasteiger partial charge in [0.15, 0.2) is 4.90 Å². The summed E-state index contributed by atoms with van der Waals surface area (Å²) >= 11 is 0. The number of ether oxygens (including phenoxy) is 1. The van der Waals surface area contributed by atoms with Gasteiger partial charge in [-0.2, -0.15) is 5.10 Å². The van der Waals surface area contributed by atoms with Crippen molar-refractivity contribution in [3.8, 4) is 0 Å². The van der Waals surface area contributed by atoms with Gasteiger partial charge >= 0.3 is 0 Å². The fourth-order valence-electron chi connectivity index (χ4n) is 5.74. The number of hydrogen-bond acceptors (Lipinski definition) is 5. The van der Waals surface area contributed by atoms with Gasteiger partial charge in [-0.25, -0.2) is 26.9 Å². The summed E-state index contributed by atoms with van der Waals surface area (Å²) < 4.78 is 61.1. The first-order chi connectivity index (χ1) is 16.2. The fraction of sp³-hybridized carbons (Fsp3) is 0.667. The van der Waals surface area contributed by atoms with Crippen LogP contribution in [0.5, 0.6) is 0 Å². The van der Waals surface area contributed by atoms with Gasteiger partial charge in [-0.1, -0.05) is 6.07 Å². The van der Waals surface area contributed by atoms with E-state index in [2.05, 4.69) is 4.72 Å². The minimum absolute atomic E-state index is 0.0535. The number of amides is 1. The van der Waals surface area contributed by atoms with Gasteiger partial charge in [-0.15, -0.1) is 0 Å². The predicted molar refractivity (Wildman–Crippen MR) is 124 cm³/mol. The molecule has 1 aliphatic heterocycles. The van der Waals surface area contributed by atoms with Crippen LogP contribution in [0.2, 0.25) is 0 Å². The summed E-state index contributed by atoms with van der Waals surface area (Å²) in [5.41, 5.74) is 1.01. The minimum atomic E-state index is -4.30. The molecule has 4 rings (SSSR count). The number of carbonyl (C=O) groups excluding carboxylic acids is 1. The third-order valence-electron chi connectivity index (χ3n) is 7.60. The van der Waals surface area contributed by atoms with Crippen molar-refractivity contribution in [2.24, 2.45) is 16.9 Å². The minimum Gasteiger partial charge on any atom is -0.381 e. The summed E-state index contributed by atoms with van der Waals surface area (Å²) in [7, 11) is -2.56. The number of sulfonamides is 1. The second kappa shape index (κ2) is 10.4. The molecular formula is C24H33F2N3O4S. The Labute approximate surface area is 200 Å². The van der Waals surface area contributed by atoms with Crippen molar-refractivity contribution >= 4 is 21.6 Å². The van der Waals surface area contributed by atoms with E-state index in [0.29, 0.717) is 37.7 Å². The second-order valence-corrected chi connectivity index (χ2v) is 11.4. The highest BCUT2D eigenvalue weighted by Crippen LogP contribution is 2.38. The summed E-state index contributed by atoms with van der Waals surface area (Å²) in [6.07, 6.45) is 7.56. The zero-order chi connectivity index (χ0) is 24.5. The van der Waals surface area contributed by atoms with E-state index < -0.39 is 32.6 Å². The quantitative estimate of drug-likeness (QED) is 0.644. The highest BCUT2D eigenvalue weighted by atomic mass is 32.2. The SMILES string of the molecule is COC1CCC(C2CC(C3CCC(NS(=O)(=O)c4c(F)cccc4F)CC3)=NN2C(C)=O)CC1. The molecule has 34 heavy (non-hydrogen) atoms. The summed E-state index contributed by atoms with van der Waals surface area (Å²) in [5, 5.41) is 6.36. The van der Waals surface area contributed by atoms with Crippen LogP contribution in [0.4, 0.5) is 8.78 Å². The molecule has 1 heterocycles. The molecule has 2 saturated carbocycles. The fourth-order valence-corrected chi connectivity index (χ4v) is 7.19. The molecule has 7 nitrogen and oxygen atoms in total. The number of hydrazone groups is 1. The normalized spacial score (nSPS) is 30.3. The lowest BCUT2D eigenvalue weighted by Gasteiger charge is -2.34. The van der Waals surface area contributed by atoms with E-state index in [1.165, 1.54) is 0 Å². The Hall–Kier alpha value is -1.91. The lowest BCUT2D eigenvalue weighted by atomic mass is 9.77. The van der Waals surface area contributed by atoms with Crippen LogP contribution < -0.4 is 4.72 Å². The van der Waals surface area contributed by atoms with Crippen LogP contribution in [0.1, 0.15) is 64.7 Å². The lowest BCUT2D eigenvalue weighted by molar-refractivity contribution is -0.131. The maximum absolute atomic E-state index is 14.0. The number of nitrogens with zero attached hydrogens (tertiary/aromatic N) is 2. The maximum atomic E-state index is 14.0. The van der Waals surface area contributed by atoms with Crippen LogP contribution in [0, 0.1) is 23.5 Å². The average Bonchev–Trinajstić information content (AvgIpc) is 3.25. The molecule has 0 radical (unpaired) electrons. The molecule has 0 bridgehead atoms. The van der Waals surface area contributed by atoms with Gasteiger partial charge in [-0.05, 0) is 75.3 Å².